The summed E-state index contributed by atoms with van der Waals surface area (Å²) in [7, 11) is 0. The zero-order chi connectivity index (χ0) is 22.0. The van der Waals surface area contributed by atoms with Crippen LogP contribution in [0.4, 0.5) is 8.78 Å². The zero-order valence-electron chi connectivity index (χ0n) is 17.3. The highest BCUT2D eigenvalue weighted by molar-refractivity contribution is 5.28. The van der Waals surface area contributed by atoms with Crippen molar-refractivity contribution in [2.24, 2.45) is 0 Å². The lowest BCUT2D eigenvalue weighted by atomic mass is 9.98. The smallest absolute Gasteiger partial charge is 0.330 e. The second-order valence-electron chi connectivity index (χ2n) is 7.63. The quantitative estimate of drug-likeness (QED) is 0.482. The van der Waals surface area contributed by atoms with E-state index in [9.17, 15) is 18.4 Å². The van der Waals surface area contributed by atoms with Crippen LogP contribution in [0.15, 0.2) is 46.1 Å². The highest BCUT2D eigenvalue weighted by atomic mass is 19.3. The molecule has 0 aliphatic carbocycles. The molecule has 9 heteroatoms. The van der Waals surface area contributed by atoms with E-state index in [0.717, 1.165) is 31.4 Å². The molecular formula is C21H29F2N3O4. The van der Waals surface area contributed by atoms with E-state index in [-0.39, 0.29) is 12.3 Å². The number of H-pyrrole nitrogens is 1. The van der Waals surface area contributed by atoms with Crippen molar-refractivity contribution < 1.29 is 18.3 Å². The number of aromatic amines is 1. The highest BCUT2D eigenvalue weighted by Crippen LogP contribution is 2.16. The van der Waals surface area contributed by atoms with Crippen LogP contribution in [-0.2, 0) is 17.9 Å². The molecule has 1 aromatic heterocycles. The maximum atomic E-state index is 12.3. The molecule has 0 unspecified atom stereocenters. The normalized spacial score (nSPS) is 11.8. The number of halogens is 2. The minimum absolute atomic E-state index is 0.0907. The summed E-state index contributed by atoms with van der Waals surface area (Å²) in [5.41, 5.74) is -0.0218. The Kier molecular flexibility index (Phi) is 9.19. The summed E-state index contributed by atoms with van der Waals surface area (Å²) in [5.74, 6) is 0.450. The van der Waals surface area contributed by atoms with E-state index < -0.39 is 24.3 Å². The third kappa shape index (κ3) is 8.87. The molecule has 0 saturated heterocycles. The minimum Gasteiger partial charge on any atom is -0.488 e. The van der Waals surface area contributed by atoms with Crippen LogP contribution in [0.5, 0.6) is 5.75 Å². The molecule has 0 atom stereocenters. The molecule has 0 bridgehead atoms. The van der Waals surface area contributed by atoms with E-state index in [0.29, 0.717) is 12.4 Å². The Morgan fingerprint density at radius 3 is 2.77 bits per heavy atom. The molecule has 0 amide bonds. The van der Waals surface area contributed by atoms with Gasteiger partial charge in [-0.25, -0.2) is 13.6 Å². The molecule has 2 rings (SSSR count). The fraction of sp³-hybridized carbons (Fsp3) is 0.524. The first kappa shape index (κ1) is 23.8. The molecule has 0 saturated carbocycles. The van der Waals surface area contributed by atoms with Crippen LogP contribution in [0.25, 0.3) is 0 Å². The Hall–Kier alpha value is -2.52. The molecular weight excluding hydrogens is 396 g/mol. The molecule has 2 aromatic rings. The molecule has 30 heavy (non-hydrogen) atoms. The molecule has 1 aromatic carbocycles. The van der Waals surface area contributed by atoms with Crippen molar-refractivity contribution in [2.45, 2.75) is 51.8 Å². The van der Waals surface area contributed by atoms with Crippen molar-refractivity contribution in [1.29, 1.82) is 0 Å². The largest absolute Gasteiger partial charge is 0.488 e. The number of rotatable bonds is 13. The van der Waals surface area contributed by atoms with Crippen molar-refractivity contribution in [1.82, 2.24) is 14.9 Å². The number of hydrogen-bond donors (Lipinski definition) is 2. The van der Waals surface area contributed by atoms with E-state index in [1.165, 1.54) is 16.8 Å². The van der Waals surface area contributed by atoms with Gasteiger partial charge in [-0.05, 0) is 57.4 Å². The first-order valence-electron chi connectivity index (χ1n) is 9.88. The summed E-state index contributed by atoms with van der Waals surface area (Å²) in [6, 6.07) is 8.47. The van der Waals surface area contributed by atoms with Crippen LogP contribution >= 0.6 is 0 Å². The van der Waals surface area contributed by atoms with Crippen molar-refractivity contribution in [3.63, 3.8) is 0 Å². The van der Waals surface area contributed by atoms with Gasteiger partial charge in [0.2, 0.25) is 0 Å². The first-order chi connectivity index (χ1) is 14.2. The van der Waals surface area contributed by atoms with Gasteiger partial charge in [0, 0.05) is 24.4 Å². The monoisotopic (exact) mass is 425 g/mol. The highest BCUT2D eigenvalue weighted by Gasteiger charge is 2.16. The van der Waals surface area contributed by atoms with Gasteiger partial charge in [-0.15, -0.1) is 0 Å². The van der Waals surface area contributed by atoms with Crippen LogP contribution in [0.1, 0.15) is 32.3 Å². The summed E-state index contributed by atoms with van der Waals surface area (Å²) < 4.78 is 36.4. The molecule has 2 N–H and O–H groups in total. The van der Waals surface area contributed by atoms with E-state index in [1.807, 2.05) is 6.07 Å². The Balaban J connectivity index is 1.66. The summed E-state index contributed by atoms with van der Waals surface area (Å²) >= 11 is 0. The number of alkyl halides is 2. The summed E-state index contributed by atoms with van der Waals surface area (Å²) in [6.07, 6.45) is 1.33. The summed E-state index contributed by atoms with van der Waals surface area (Å²) in [6.45, 7) is 4.91. The number of hydrogen-bond acceptors (Lipinski definition) is 5. The van der Waals surface area contributed by atoms with Crippen LogP contribution in [-0.4, -0.2) is 41.3 Å². The second-order valence-corrected chi connectivity index (χ2v) is 7.63. The number of nitrogens with one attached hydrogen (secondary N) is 2. The number of nitrogens with zero attached hydrogens (tertiary/aromatic N) is 1. The van der Waals surface area contributed by atoms with Gasteiger partial charge in [0.15, 0.2) is 0 Å². The van der Waals surface area contributed by atoms with Crippen molar-refractivity contribution in [3.8, 4) is 5.75 Å². The van der Waals surface area contributed by atoms with E-state index in [4.69, 9.17) is 9.47 Å². The molecule has 1 heterocycles. The van der Waals surface area contributed by atoms with Gasteiger partial charge in [-0.1, -0.05) is 12.1 Å². The molecule has 166 valence electrons. The number of ether oxygens (including phenoxy) is 2. The second kappa shape index (κ2) is 11.6. The van der Waals surface area contributed by atoms with Crippen LogP contribution in [0.2, 0.25) is 0 Å². The van der Waals surface area contributed by atoms with Gasteiger partial charge in [0.1, 0.15) is 19.1 Å². The Morgan fingerprint density at radius 1 is 1.23 bits per heavy atom. The van der Waals surface area contributed by atoms with Gasteiger partial charge in [-0.2, -0.15) is 0 Å². The van der Waals surface area contributed by atoms with Gasteiger partial charge in [0.05, 0.1) is 0 Å². The van der Waals surface area contributed by atoms with Gasteiger partial charge < -0.3 is 14.8 Å². The molecule has 0 aliphatic heterocycles. The summed E-state index contributed by atoms with van der Waals surface area (Å²) in [4.78, 5) is 24.8. The Labute approximate surface area is 174 Å². The molecule has 0 fully saturated rings. The van der Waals surface area contributed by atoms with E-state index in [1.54, 1.807) is 18.2 Å². The fourth-order valence-corrected chi connectivity index (χ4v) is 2.91. The van der Waals surface area contributed by atoms with Gasteiger partial charge >= 0.3 is 5.69 Å². The average Bonchev–Trinajstić information content (AvgIpc) is 2.68. The fourth-order valence-electron chi connectivity index (χ4n) is 2.91. The third-order valence-corrected chi connectivity index (χ3v) is 4.51. The lowest BCUT2D eigenvalue weighted by Crippen LogP contribution is -2.40. The zero-order valence-corrected chi connectivity index (χ0v) is 17.3. The Bertz CT molecular complexity index is 896. The van der Waals surface area contributed by atoms with Crippen LogP contribution in [0, 0.1) is 0 Å². The van der Waals surface area contributed by atoms with Crippen molar-refractivity contribution in [2.75, 3.05) is 19.8 Å². The average molecular weight is 425 g/mol. The predicted octanol–water partition coefficient (Wildman–Crippen LogP) is 2.55. The number of benzene rings is 1. The maximum absolute atomic E-state index is 12.3. The Morgan fingerprint density at radius 2 is 2.03 bits per heavy atom. The molecule has 0 aliphatic rings. The molecule has 7 nitrogen and oxygen atoms in total. The third-order valence-electron chi connectivity index (χ3n) is 4.51. The van der Waals surface area contributed by atoms with Crippen molar-refractivity contribution >= 4 is 0 Å². The van der Waals surface area contributed by atoms with E-state index in [2.05, 4.69) is 24.1 Å². The first-order valence-corrected chi connectivity index (χ1v) is 9.88. The topological polar surface area (TPSA) is 85.4 Å². The van der Waals surface area contributed by atoms with Crippen molar-refractivity contribution in [3.05, 3.63) is 62.9 Å². The minimum atomic E-state index is -2.49. The predicted molar refractivity (Wildman–Crippen MR) is 110 cm³/mol. The lowest BCUT2D eigenvalue weighted by Gasteiger charge is -2.26. The number of aromatic nitrogens is 2. The SMILES string of the molecule is CC(C)(CCCOCn1ccc(=O)[nH]c1=O)NCCc1cccc(OCC(F)F)c1. The van der Waals surface area contributed by atoms with Gasteiger partial charge in [-0.3, -0.25) is 14.3 Å². The molecule has 0 radical (unpaired) electrons. The van der Waals surface area contributed by atoms with E-state index >= 15 is 0 Å². The lowest BCUT2D eigenvalue weighted by molar-refractivity contribution is 0.0673. The van der Waals surface area contributed by atoms with Crippen LogP contribution in [0.3, 0.4) is 0 Å². The summed E-state index contributed by atoms with van der Waals surface area (Å²) in [5, 5.41) is 3.49. The maximum Gasteiger partial charge on any atom is 0.330 e. The van der Waals surface area contributed by atoms with Crippen LogP contribution < -0.4 is 21.3 Å². The standard InChI is InChI=1S/C21H29F2N3O4/c1-21(2,9-4-12-29-15-26-11-8-19(27)25-20(26)28)24-10-7-16-5-3-6-17(13-16)30-14-18(22)23/h3,5-6,8,11,13,18,24H,4,7,9-10,12,14-15H2,1-2H3,(H,25,27,28). The molecule has 0 spiro atoms. The van der Waals surface area contributed by atoms with Gasteiger partial charge in [0.25, 0.3) is 12.0 Å².